The summed E-state index contributed by atoms with van der Waals surface area (Å²) in [4.78, 5) is 32.3. The summed E-state index contributed by atoms with van der Waals surface area (Å²) in [5.41, 5.74) is 3.05. The van der Waals surface area contributed by atoms with Gasteiger partial charge in [-0.2, -0.15) is 0 Å². The number of ketones is 1. The van der Waals surface area contributed by atoms with Crippen molar-refractivity contribution in [2.24, 2.45) is 0 Å². The molecule has 2 heterocycles. The molecule has 0 aliphatic heterocycles. The Labute approximate surface area is 178 Å². The molecule has 0 bridgehead atoms. The molecular weight excluding hydrogens is 402 g/mol. The lowest BCUT2D eigenvalue weighted by molar-refractivity contribution is -0.121. The zero-order valence-corrected chi connectivity index (χ0v) is 17.1. The standard InChI is InChI=1S/C23H20ClN3O3/c1-30-16-5-2-14(3-6-16)13-26-21(29)9-8-20(28)15-4-7-19-17(12-15)22-18(24)10-11-25-23(22)27-19/h2-7,10-12H,8-9,13H2,1H3,(H,25,27)(H,26,29). The molecule has 0 saturated carbocycles. The number of methoxy groups -OCH3 is 1. The van der Waals surface area contributed by atoms with Crippen LogP contribution in [0.4, 0.5) is 0 Å². The number of aromatic amines is 1. The highest BCUT2D eigenvalue weighted by Gasteiger charge is 2.13. The van der Waals surface area contributed by atoms with Gasteiger partial charge in [0.2, 0.25) is 5.91 Å². The lowest BCUT2D eigenvalue weighted by Gasteiger charge is -2.06. The molecule has 0 aliphatic rings. The number of nitrogens with zero attached hydrogens (tertiary/aromatic N) is 1. The zero-order valence-electron chi connectivity index (χ0n) is 16.4. The van der Waals surface area contributed by atoms with E-state index in [0.29, 0.717) is 22.8 Å². The molecule has 4 aromatic rings. The van der Waals surface area contributed by atoms with E-state index in [1.165, 1.54) is 0 Å². The van der Waals surface area contributed by atoms with E-state index in [-0.39, 0.29) is 24.5 Å². The first kappa shape index (κ1) is 19.9. The van der Waals surface area contributed by atoms with Crippen LogP contribution in [0.5, 0.6) is 5.75 Å². The van der Waals surface area contributed by atoms with Crippen LogP contribution in [0.25, 0.3) is 21.9 Å². The SMILES string of the molecule is COc1ccc(CNC(=O)CCC(=O)c2ccc3[nH]c4nccc(Cl)c4c3c2)cc1. The molecule has 0 unspecified atom stereocenters. The maximum absolute atomic E-state index is 12.6. The molecule has 2 aromatic carbocycles. The molecular formula is C23H20ClN3O3. The Morgan fingerprint density at radius 2 is 1.90 bits per heavy atom. The molecule has 7 heteroatoms. The van der Waals surface area contributed by atoms with Crippen molar-refractivity contribution in [3.63, 3.8) is 0 Å². The summed E-state index contributed by atoms with van der Waals surface area (Å²) in [5.74, 6) is 0.505. The van der Waals surface area contributed by atoms with Crippen LogP contribution in [0.2, 0.25) is 5.02 Å². The summed E-state index contributed by atoms with van der Waals surface area (Å²) < 4.78 is 5.12. The Morgan fingerprint density at radius 1 is 1.10 bits per heavy atom. The molecule has 0 aliphatic carbocycles. The third kappa shape index (κ3) is 4.14. The van der Waals surface area contributed by atoms with Crippen LogP contribution < -0.4 is 10.1 Å². The van der Waals surface area contributed by atoms with E-state index in [2.05, 4.69) is 15.3 Å². The van der Waals surface area contributed by atoms with Crippen molar-refractivity contribution in [3.05, 3.63) is 70.9 Å². The highest BCUT2D eigenvalue weighted by Crippen LogP contribution is 2.30. The van der Waals surface area contributed by atoms with E-state index in [0.717, 1.165) is 27.6 Å². The molecule has 152 valence electrons. The number of amides is 1. The van der Waals surface area contributed by atoms with Crippen LogP contribution >= 0.6 is 11.6 Å². The number of carbonyl (C=O) groups is 2. The van der Waals surface area contributed by atoms with E-state index < -0.39 is 0 Å². The number of pyridine rings is 1. The monoisotopic (exact) mass is 421 g/mol. The van der Waals surface area contributed by atoms with Gasteiger partial charge in [-0.25, -0.2) is 4.98 Å². The summed E-state index contributed by atoms with van der Waals surface area (Å²) in [6.07, 6.45) is 1.90. The van der Waals surface area contributed by atoms with Gasteiger partial charge >= 0.3 is 0 Å². The van der Waals surface area contributed by atoms with Crippen molar-refractivity contribution in [1.82, 2.24) is 15.3 Å². The first-order valence-electron chi connectivity index (χ1n) is 9.54. The summed E-state index contributed by atoms with van der Waals surface area (Å²) in [7, 11) is 1.61. The van der Waals surface area contributed by atoms with Crippen LogP contribution in [-0.2, 0) is 11.3 Å². The fourth-order valence-corrected chi connectivity index (χ4v) is 3.60. The highest BCUT2D eigenvalue weighted by atomic mass is 35.5. The van der Waals surface area contributed by atoms with Crippen LogP contribution in [0.3, 0.4) is 0 Å². The van der Waals surface area contributed by atoms with Gasteiger partial charge in [-0.15, -0.1) is 0 Å². The van der Waals surface area contributed by atoms with Crippen molar-refractivity contribution in [1.29, 1.82) is 0 Å². The number of rotatable bonds is 7. The van der Waals surface area contributed by atoms with Gasteiger partial charge in [-0.3, -0.25) is 9.59 Å². The fraction of sp³-hybridized carbons (Fsp3) is 0.174. The number of hydrogen-bond donors (Lipinski definition) is 2. The maximum atomic E-state index is 12.6. The summed E-state index contributed by atoms with van der Waals surface area (Å²) in [6.45, 7) is 0.407. The van der Waals surface area contributed by atoms with Gasteiger partial charge < -0.3 is 15.0 Å². The normalized spacial score (nSPS) is 11.0. The second-order valence-electron chi connectivity index (χ2n) is 6.95. The Morgan fingerprint density at radius 3 is 2.67 bits per heavy atom. The minimum Gasteiger partial charge on any atom is -0.497 e. The average molecular weight is 422 g/mol. The molecule has 0 atom stereocenters. The second-order valence-corrected chi connectivity index (χ2v) is 7.36. The molecule has 0 spiro atoms. The lowest BCUT2D eigenvalue weighted by atomic mass is 10.0. The summed E-state index contributed by atoms with van der Waals surface area (Å²) >= 11 is 6.31. The van der Waals surface area contributed by atoms with Gasteiger partial charge in [0.1, 0.15) is 11.4 Å². The number of ether oxygens (including phenoxy) is 1. The number of Topliss-reactive ketones (excluding diaryl/α,β-unsaturated/α-hetero) is 1. The van der Waals surface area contributed by atoms with Crippen molar-refractivity contribution >= 4 is 45.2 Å². The molecule has 4 rings (SSSR count). The Hall–Kier alpha value is -3.38. The molecule has 0 radical (unpaired) electrons. The molecule has 30 heavy (non-hydrogen) atoms. The van der Waals surface area contributed by atoms with E-state index >= 15 is 0 Å². The maximum Gasteiger partial charge on any atom is 0.220 e. The number of halogens is 1. The molecule has 0 fully saturated rings. The minimum absolute atomic E-state index is 0.0918. The Bertz CT molecular complexity index is 1230. The third-order valence-electron chi connectivity index (χ3n) is 4.99. The van der Waals surface area contributed by atoms with Gasteiger partial charge in [0.15, 0.2) is 5.78 Å². The Kier molecular flexibility index (Phi) is 5.68. The van der Waals surface area contributed by atoms with E-state index in [4.69, 9.17) is 16.3 Å². The molecule has 6 nitrogen and oxygen atoms in total. The van der Waals surface area contributed by atoms with Gasteiger partial charge in [0, 0.05) is 47.4 Å². The second kappa shape index (κ2) is 8.55. The van der Waals surface area contributed by atoms with E-state index in [9.17, 15) is 9.59 Å². The highest BCUT2D eigenvalue weighted by molar-refractivity contribution is 6.37. The van der Waals surface area contributed by atoms with Gasteiger partial charge in [0.25, 0.3) is 0 Å². The van der Waals surface area contributed by atoms with Gasteiger partial charge in [0.05, 0.1) is 12.1 Å². The molecule has 1 amide bonds. The van der Waals surface area contributed by atoms with E-state index in [1.807, 2.05) is 30.3 Å². The first-order valence-corrected chi connectivity index (χ1v) is 9.91. The smallest absolute Gasteiger partial charge is 0.220 e. The number of fused-ring (bicyclic) bond motifs is 3. The van der Waals surface area contributed by atoms with Crippen LogP contribution in [-0.4, -0.2) is 28.8 Å². The molecule has 2 N–H and O–H groups in total. The largest absolute Gasteiger partial charge is 0.497 e. The van der Waals surface area contributed by atoms with Crippen molar-refractivity contribution in [2.45, 2.75) is 19.4 Å². The average Bonchev–Trinajstić information content (AvgIpc) is 3.15. The third-order valence-corrected chi connectivity index (χ3v) is 5.31. The van der Waals surface area contributed by atoms with Crippen LogP contribution in [0.15, 0.2) is 54.7 Å². The van der Waals surface area contributed by atoms with Crippen molar-refractivity contribution in [3.8, 4) is 5.75 Å². The molecule has 0 saturated heterocycles. The number of nitrogens with one attached hydrogen (secondary N) is 2. The quantitative estimate of drug-likeness (QED) is 0.425. The van der Waals surface area contributed by atoms with Crippen LogP contribution in [0.1, 0.15) is 28.8 Å². The lowest BCUT2D eigenvalue weighted by Crippen LogP contribution is -2.23. The van der Waals surface area contributed by atoms with Crippen molar-refractivity contribution < 1.29 is 14.3 Å². The van der Waals surface area contributed by atoms with E-state index in [1.54, 1.807) is 31.5 Å². The topological polar surface area (TPSA) is 84.1 Å². The minimum atomic E-state index is -0.167. The van der Waals surface area contributed by atoms with Crippen LogP contribution in [0, 0.1) is 0 Å². The summed E-state index contributed by atoms with van der Waals surface area (Å²) in [6, 6.07) is 14.6. The summed E-state index contributed by atoms with van der Waals surface area (Å²) in [5, 5.41) is 5.05. The van der Waals surface area contributed by atoms with Gasteiger partial charge in [-0.1, -0.05) is 23.7 Å². The number of hydrogen-bond acceptors (Lipinski definition) is 4. The van der Waals surface area contributed by atoms with Crippen molar-refractivity contribution in [2.75, 3.05) is 7.11 Å². The Balaban J connectivity index is 1.39. The zero-order chi connectivity index (χ0) is 21.1. The first-order chi connectivity index (χ1) is 14.5. The fourth-order valence-electron chi connectivity index (χ4n) is 3.35. The predicted molar refractivity (Wildman–Crippen MR) is 117 cm³/mol. The van der Waals surface area contributed by atoms with Gasteiger partial charge in [-0.05, 0) is 42.0 Å². The number of carbonyl (C=O) groups excluding carboxylic acids is 2. The number of H-pyrrole nitrogens is 1. The number of benzene rings is 2. The predicted octanol–water partition coefficient (Wildman–Crippen LogP) is 4.66. The molecule has 2 aromatic heterocycles. The number of aromatic nitrogens is 2.